The fourth-order valence-electron chi connectivity index (χ4n) is 1.34. The molecule has 3 N–H and O–H groups in total. The van der Waals surface area contributed by atoms with Crippen molar-refractivity contribution in [3.63, 3.8) is 0 Å². The Hall–Kier alpha value is -0.650. The number of hydrogen-bond acceptors (Lipinski definition) is 4. The summed E-state index contributed by atoms with van der Waals surface area (Å²) in [6.07, 6.45) is 1.32. The zero-order chi connectivity index (χ0) is 12.6. The van der Waals surface area contributed by atoms with Crippen LogP contribution in [0.25, 0.3) is 0 Å². The molecule has 0 saturated carbocycles. The molecule has 0 fully saturated rings. The largest absolute Gasteiger partial charge is 0.383 e. The van der Waals surface area contributed by atoms with Crippen LogP contribution in [0.4, 0.5) is 0 Å². The number of nitrogens with two attached hydrogens (primary N) is 1. The van der Waals surface area contributed by atoms with E-state index in [1.54, 1.807) is 14.0 Å². The quantitative estimate of drug-likeness (QED) is 0.630. The highest BCUT2D eigenvalue weighted by molar-refractivity contribution is 5.84. The Morgan fingerprint density at radius 1 is 1.50 bits per heavy atom. The smallest absolute Gasteiger partial charge is 0.252 e. The second kappa shape index (κ2) is 7.60. The van der Waals surface area contributed by atoms with E-state index in [0.717, 1.165) is 0 Å². The standard InChI is InChI=1S/C11H24N2O3/c1-5-11(2,16-4)10(14)13-9(6-7-12)8-15-3/h9H,5-8,12H2,1-4H3,(H,13,14). The van der Waals surface area contributed by atoms with Crippen LogP contribution in [0, 0.1) is 0 Å². The molecule has 96 valence electrons. The molecule has 16 heavy (non-hydrogen) atoms. The highest BCUT2D eigenvalue weighted by atomic mass is 16.5. The van der Waals surface area contributed by atoms with Crippen LogP contribution in [-0.4, -0.2) is 44.9 Å². The third-order valence-electron chi connectivity index (χ3n) is 2.82. The number of methoxy groups -OCH3 is 2. The molecule has 0 rings (SSSR count). The Labute approximate surface area is 97.7 Å². The van der Waals surface area contributed by atoms with E-state index < -0.39 is 5.60 Å². The topological polar surface area (TPSA) is 73.6 Å². The second-order valence-corrected chi connectivity index (χ2v) is 3.99. The van der Waals surface area contributed by atoms with Crippen molar-refractivity contribution in [3.05, 3.63) is 0 Å². The molecule has 0 bridgehead atoms. The maximum atomic E-state index is 12.0. The first-order chi connectivity index (χ1) is 7.53. The third kappa shape index (κ3) is 4.47. The summed E-state index contributed by atoms with van der Waals surface area (Å²) in [4.78, 5) is 12.0. The minimum Gasteiger partial charge on any atom is -0.383 e. The van der Waals surface area contributed by atoms with E-state index in [0.29, 0.717) is 26.0 Å². The highest BCUT2D eigenvalue weighted by Gasteiger charge is 2.32. The lowest BCUT2D eigenvalue weighted by molar-refractivity contribution is -0.143. The molecule has 0 spiro atoms. The summed E-state index contributed by atoms with van der Waals surface area (Å²) in [6.45, 7) is 4.67. The van der Waals surface area contributed by atoms with E-state index in [-0.39, 0.29) is 11.9 Å². The fraction of sp³-hybridized carbons (Fsp3) is 0.909. The predicted molar refractivity (Wildman–Crippen MR) is 63.2 cm³/mol. The third-order valence-corrected chi connectivity index (χ3v) is 2.82. The van der Waals surface area contributed by atoms with Gasteiger partial charge in [0.1, 0.15) is 5.60 Å². The van der Waals surface area contributed by atoms with E-state index in [2.05, 4.69) is 5.32 Å². The molecule has 2 atom stereocenters. The predicted octanol–water partition coefficient (Wildman–Crippen LogP) is 0.282. The van der Waals surface area contributed by atoms with Crippen molar-refractivity contribution >= 4 is 5.91 Å². The molecule has 1 amide bonds. The van der Waals surface area contributed by atoms with Gasteiger partial charge in [-0.3, -0.25) is 4.79 Å². The Morgan fingerprint density at radius 2 is 2.12 bits per heavy atom. The van der Waals surface area contributed by atoms with Crippen LogP contribution >= 0.6 is 0 Å². The molecular weight excluding hydrogens is 208 g/mol. The normalized spacial score (nSPS) is 16.6. The van der Waals surface area contributed by atoms with Gasteiger partial charge in [0.25, 0.3) is 5.91 Å². The summed E-state index contributed by atoms with van der Waals surface area (Å²) >= 11 is 0. The Kier molecular flexibility index (Phi) is 7.29. The number of carbonyl (C=O) groups excluding carboxylic acids is 1. The molecular formula is C11H24N2O3. The molecule has 0 aromatic carbocycles. The highest BCUT2D eigenvalue weighted by Crippen LogP contribution is 2.14. The van der Waals surface area contributed by atoms with Crippen molar-refractivity contribution in [1.29, 1.82) is 0 Å². The first-order valence-electron chi connectivity index (χ1n) is 5.59. The van der Waals surface area contributed by atoms with Gasteiger partial charge in [-0.25, -0.2) is 0 Å². The van der Waals surface area contributed by atoms with Crippen molar-refractivity contribution < 1.29 is 14.3 Å². The summed E-state index contributed by atoms with van der Waals surface area (Å²) in [5, 5.41) is 2.89. The van der Waals surface area contributed by atoms with Gasteiger partial charge in [0.05, 0.1) is 12.6 Å². The summed E-state index contributed by atoms with van der Waals surface area (Å²) in [6, 6.07) is -0.0523. The number of carbonyl (C=O) groups is 1. The molecule has 0 radical (unpaired) electrons. The van der Waals surface area contributed by atoms with Crippen LogP contribution in [0.3, 0.4) is 0 Å². The first-order valence-corrected chi connectivity index (χ1v) is 5.59. The van der Waals surface area contributed by atoms with Gasteiger partial charge in [-0.2, -0.15) is 0 Å². The molecule has 0 aliphatic carbocycles. The molecule has 0 heterocycles. The monoisotopic (exact) mass is 232 g/mol. The summed E-state index contributed by atoms with van der Waals surface area (Å²) in [5.41, 5.74) is 4.69. The van der Waals surface area contributed by atoms with Crippen molar-refractivity contribution in [2.75, 3.05) is 27.4 Å². The summed E-state index contributed by atoms with van der Waals surface area (Å²) < 4.78 is 10.2. The van der Waals surface area contributed by atoms with E-state index in [1.165, 1.54) is 7.11 Å². The second-order valence-electron chi connectivity index (χ2n) is 3.99. The summed E-state index contributed by atoms with van der Waals surface area (Å²) in [5.74, 6) is -0.118. The molecule has 2 unspecified atom stereocenters. The molecule has 0 aromatic heterocycles. The zero-order valence-corrected chi connectivity index (χ0v) is 10.7. The van der Waals surface area contributed by atoms with Crippen LogP contribution < -0.4 is 11.1 Å². The minimum absolute atomic E-state index is 0.0523. The lowest BCUT2D eigenvalue weighted by Crippen LogP contribution is -2.50. The van der Waals surface area contributed by atoms with Gasteiger partial charge in [0.15, 0.2) is 0 Å². The van der Waals surface area contributed by atoms with Gasteiger partial charge >= 0.3 is 0 Å². The Morgan fingerprint density at radius 3 is 2.50 bits per heavy atom. The molecule has 0 aromatic rings. The maximum absolute atomic E-state index is 12.0. The molecule has 0 saturated heterocycles. The van der Waals surface area contributed by atoms with Gasteiger partial charge < -0.3 is 20.5 Å². The number of nitrogens with one attached hydrogen (secondary N) is 1. The van der Waals surface area contributed by atoms with Crippen molar-refractivity contribution in [2.24, 2.45) is 5.73 Å². The van der Waals surface area contributed by atoms with E-state index in [4.69, 9.17) is 15.2 Å². The van der Waals surface area contributed by atoms with Crippen LogP contribution in [0.15, 0.2) is 0 Å². The van der Waals surface area contributed by atoms with Gasteiger partial charge in [0, 0.05) is 14.2 Å². The van der Waals surface area contributed by atoms with Crippen molar-refractivity contribution in [3.8, 4) is 0 Å². The zero-order valence-electron chi connectivity index (χ0n) is 10.7. The Balaban J connectivity index is 4.37. The van der Waals surface area contributed by atoms with Crippen molar-refractivity contribution in [2.45, 2.75) is 38.3 Å². The first kappa shape index (κ1) is 15.3. The molecule has 0 aliphatic rings. The Bertz CT molecular complexity index is 199. The van der Waals surface area contributed by atoms with Gasteiger partial charge in [-0.05, 0) is 26.3 Å². The van der Waals surface area contributed by atoms with E-state index >= 15 is 0 Å². The lowest BCUT2D eigenvalue weighted by Gasteiger charge is -2.28. The van der Waals surface area contributed by atoms with E-state index in [9.17, 15) is 4.79 Å². The lowest BCUT2D eigenvalue weighted by atomic mass is 10.0. The van der Waals surface area contributed by atoms with Gasteiger partial charge in [-0.15, -0.1) is 0 Å². The average molecular weight is 232 g/mol. The SMILES string of the molecule is CCC(C)(OC)C(=O)NC(CCN)COC. The minimum atomic E-state index is -0.777. The van der Waals surface area contributed by atoms with Gasteiger partial charge in [-0.1, -0.05) is 6.92 Å². The number of rotatable bonds is 8. The number of amides is 1. The van der Waals surface area contributed by atoms with Crippen molar-refractivity contribution in [1.82, 2.24) is 5.32 Å². The average Bonchev–Trinajstić information content (AvgIpc) is 2.28. The van der Waals surface area contributed by atoms with Crippen LogP contribution in [0.1, 0.15) is 26.7 Å². The van der Waals surface area contributed by atoms with E-state index in [1.807, 2.05) is 6.92 Å². The maximum Gasteiger partial charge on any atom is 0.252 e. The van der Waals surface area contributed by atoms with Crippen LogP contribution in [0.5, 0.6) is 0 Å². The fourth-order valence-corrected chi connectivity index (χ4v) is 1.34. The molecule has 5 nitrogen and oxygen atoms in total. The van der Waals surface area contributed by atoms with Crippen LogP contribution in [-0.2, 0) is 14.3 Å². The van der Waals surface area contributed by atoms with Gasteiger partial charge in [0.2, 0.25) is 0 Å². The molecule has 5 heteroatoms. The number of hydrogen-bond donors (Lipinski definition) is 2. The van der Waals surface area contributed by atoms with Crippen LogP contribution in [0.2, 0.25) is 0 Å². The molecule has 0 aliphatic heterocycles. The summed E-state index contributed by atoms with van der Waals surface area (Å²) in [7, 11) is 3.14. The number of ether oxygens (including phenoxy) is 2.